The number of carbonyl (C=O) groups is 1. The fourth-order valence-electron chi connectivity index (χ4n) is 1.65. The van der Waals surface area contributed by atoms with Crippen molar-refractivity contribution in [3.8, 4) is 0 Å². The van der Waals surface area contributed by atoms with Crippen LogP contribution < -0.4 is 4.72 Å². The normalized spacial score (nSPS) is 19.9. The van der Waals surface area contributed by atoms with Gasteiger partial charge in [0.2, 0.25) is 0 Å². The molecule has 0 aromatic heterocycles. The second-order valence-electron chi connectivity index (χ2n) is 4.58. The first-order chi connectivity index (χ1) is 8.33. The molecule has 1 saturated heterocycles. The maximum absolute atomic E-state index is 12.0. The van der Waals surface area contributed by atoms with Gasteiger partial charge in [0.25, 0.3) is 10.2 Å². The summed E-state index contributed by atoms with van der Waals surface area (Å²) in [7, 11) is -3.63. The minimum atomic E-state index is -3.63. The number of carboxylic acid groups (broad SMARTS) is 1. The number of rotatable bonds is 6. The van der Waals surface area contributed by atoms with Gasteiger partial charge in [-0.2, -0.15) is 17.4 Å². The Hall–Kier alpha value is -0.700. The maximum Gasteiger partial charge on any atom is 0.304 e. The van der Waals surface area contributed by atoms with Crippen molar-refractivity contribution in [3.63, 3.8) is 0 Å². The Labute approximate surface area is 107 Å². The molecule has 1 rings (SSSR count). The molecule has 1 fully saturated rings. The molecule has 0 aliphatic carbocycles. The van der Waals surface area contributed by atoms with Crippen molar-refractivity contribution in [2.24, 2.45) is 5.92 Å². The smallest absolute Gasteiger partial charge is 0.304 e. The van der Waals surface area contributed by atoms with Gasteiger partial charge >= 0.3 is 5.97 Å². The number of hydrogen-bond acceptors (Lipinski definition) is 4. The molecule has 1 heterocycles. The predicted octanol–water partition coefficient (Wildman–Crippen LogP) is -0.348. The molecule has 0 radical (unpaired) electrons. The van der Waals surface area contributed by atoms with E-state index in [-0.39, 0.29) is 12.3 Å². The molecular formula is C10H20N2O5S. The fourth-order valence-corrected chi connectivity index (χ4v) is 3.17. The Morgan fingerprint density at radius 3 is 2.39 bits per heavy atom. The summed E-state index contributed by atoms with van der Waals surface area (Å²) in [5, 5.41) is 8.77. The Morgan fingerprint density at radius 2 is 1.94 bits per heavy atom. The Balaban J connectivity index is 2.68. The largest absolute Gasteiger partial charge is 0.481 e. The minimum absolute atomic E-state index is 0.0862. The molecule has 1 unspecified atom stereocenters. The molecule has 0 saturated carbocycles. The van der Waals surface area contributed by atoms with Gasteiger partial charge in [0, 0.05) is 19.1 Å². The maximum atomic E-state index is 12.0. The molecule has 0 aromatic rings. The van der Waals surface area contributed by atoms with Crippen molar-refractivity contribution in [3.05, 3.63) is 0 Å². The van der Waals surface area contributed by atoms with Crippen molar-refractivity contribution in [2.45, 2.75) is 26.3 Å². The Kier molecular flexibility index (Phi) is 5.51. The monoisotopic (exact) mass is 280 g/mol. The number of carboxylic acids is 1. The molecule has 0 amide bonds. The van der Waals surface area contributed by atoms with Crippen LogP contribution in [0.2, 0.25) is 0 Å². The molecule has 0 bridgehead atoms. The second-order valence-corrected chi connectivity index (χ2v) is 6.28. The van der Waals surface area contributed by atoms with E-state index in [9.17, 15) is 13.2 Å². The van der Waals surface area contributed by atoms with E-state index in [1.54, 1.807) is 13.8 Å². The van der Waals surface area contributed by atoms with E-state index in [0.717, 1.165) is 0 Å². The zero-order chi connectivity index (χ0) is 13.8. The van der Waals surface area contributed by atoms with Gasteiger partial charge in [0.1, 0.15) is 0 Å². The van der Waals surface area contributed by atoms with Crippen molar-refractivity contribution in [1.82, 2.24) is 9.03 Å². The van der Waals surface area contributed by atoms with Crippen LogP contribution in [0.4, 0.5) is 0 Å². The van der Waals surface area contributed by atoms with Gasteiger partial charge in [-0.1, -0.05) is 13.8 Å². The van der Waals surface area contributed by atoms with Crippen LogP contribution in [0.15, 0.2) is 0 Å². The number of nitrogens with zero attached hydrogens (tertiary/aromatic N) is 1. The van der Waals surface area contributed by atoms with Crippen molar-refractivity contribution < 1.29 is 23.1 Å². The van der Waals surface area contributed by atoms with Gasteiger partial charge in [0.15, 0.2) is 0 Å². The molecule has 0 aromatic carbocycles. The van der Waals surface area contributed by atoms with Gasteiger partial charge < -0.3 is 9.84 Å². The first-order valence-electron chi connectivity index (χ1n) is 5.90. The van der Waals surface area contributed by atoms with Crippen molar-refractivity contribution >= 4 is 16.2 Å². The fraction of sp³-hybridized carbons (Fsp3) is 0.900. The van der Waals surface area contributed by atoms with Crippen LogP contribution in [0.3, 0.4) is 0 Å². The standard InChI is InChI=1S/C10H20N2O5S/c1-8(2)9(7-10(13)14)11-18(15,16)12-3-5-17-6-4-12/h8-9,11H,3-7H2,1-2H3,(H,13,14). The molecule has 1 aliphatic heterocycles. The van der Waals surface area contributed by atoms with Gasteiger partial charge in [0.05, 0.1) is 19.6 Å². The highest BCUT2D eigenvalue weighted by Crippen LogP contribution is 2.11. The lowest BCUT2D eigenvalue weighted by atomic mass is 10.0. The molecular weight excluding hydrogens is 260 g/mol. The molecule has 18 heavy (non-hydrogen) atoms. The highest BCUT2D eigenvalue weighted by molar-refractivity contribution is 7.87. The minimum Gasteiger partial charge on any atom is -0.481 e. The highest BCUT2D eigenvalue weighted by atomic mass is 32.2. The van der Waals surface area contributed by atoms with Crippen LogP contribution in [0.5, 0.6) is 0 Å². The number of nitrogens with one attached hydrogen (secondary N) is 1. The van der Waals surface area contributed by atoms with E-state index < -0.39 is 22.2 Å². The van der Waals surface area contributed by atoms with Gasteiger partial charge in [-0.15, -0.1) is 0 Å². The van der Waals surface area contributed by atoms with Gasteiger partial charge in [-0.25, -0.2) is 0 Å². The van der Waals surface area contributed by atoms with Crippen LogP contribution in [0.1, 0.15) is 20.3 Å². The van der Waals surface area contributed by atoms with Crippen molar-refractivity contribution in [1.29, 1.82) is 0 Å². The number of morpholine rings is 1. The van der Waals surface area contributed by atoms with Gasteiger partial charge in [-0.05, 0) is 5.92 Å². The van der Waals surface area contributed by atoms with E-state index in [2.05, 4.69) is 4.72 Å². The molecule has 8 heteroatoms. The summed E-state index contributed by atoms with van der Waals surface area (Å²) in [5.74, 6) is -1.10. The first kappa shape index (κ1) is 15.4. The number of hydrogen-bond donors (Lipinski definition) is 2. The van der Waals surface area contributed by atoms with E-state index in [4.69, 9.17) is 9.84 Å². The zero-order valence-corrected chi connectivity index (χ0v) is 11.4. The molecule has 1 aliphatic rings. The topological polar surface area (TPSA) is 95.9 Å². The van der Waals surface area contributed by atoms with Crippen LogP contribution in [0.25, 0.3) is 0 Å². The third-order valence-electron chi connectivity index (χ3n) is 2.81. The lowest BCUT2D eigenvalue weighted by Crippen LogP contribution is -2.51. The molecule has 2 N–H and O–H groups in total. The Morgan fingerprint density at radius 1 is 1.39 bits per heavy atom. The second kappa shape index (κ2) is 6.46. The average Bonchev–Trinajstić information content (AvgIpc) is 2.28. The summed E-state index contributed by atoms with van der Waals surface area (Å²) in [6, 6.07) is -0.602. The number of aliphatic carboxylic acids is 1. The summed E-state index contributed by atoms with van der Waals surface area (Å²) in [4.78, 5) is 10.7. The van der Waals surface area contributed by atoms with E-state index in [0.29, 0.717) is 26.3 Å². The van der Waals surface area contributed by atoms with Gasteiger partial charge in [-0.3, -0.25) is 4.79 Å². The van der Waals surface area contributed by atoms with Crippen LogP contribution in [-0.2, 0) is 19.7 Å². The molecule has 7 nitrogen and oxygen atoms in total. The third-order valence-corrected chi connectivity index (χ3v) is 4.46. The lowest BCUT2D eigenvalue weighted by Gasteiger charge is -2.29. The summed E-state index contributed by atoms with van der Waals surface area (Å²) in [6.45, 7) is 4.91. The summed E-state index contributed by atoms with van der Waals surface area (Å²) < 4.78 is 32.9. The average molecular weight is 280 g/mol. The van der Waals surface area contributed by atoms with Crippen LogP contribution in [-0.4, -0.2) is 56.1 Å². The van der Waals surface area contributed by atoms with Crippen molar-refractivity contribution in [2.75, 3.05) is 26.3 Å². The third kappa shape index (κ3) is 4.52. The molecule has 0 spiro atoms. The highest BCUT2D eigenvalue weighted by Gasteiger charge is 2.29. The predicted molar refractivity (Wildman–Crippen MR) is 65.3 cm³/mol. The summed E-state index contributed by atoms with van der Waals surface area (Å²) in [6.07, 6.45) is -0.221. The Bertz CT molecular complexity index is 376. The quantitative estimate of drug-likeness (QED) is 0.693. The SMILES string of the molecule is CC(C)C(CC(=O)O)NS(=O)(=O)N1CCOCC1. The zero-order valence-electron chi connectivity index (χ0n) is 10.6. The first-order valence-corrected chi connectivity index (χ1v) is 7.34. The van der Waals surface area contributed by atoms with E-state index in [1.165, 1.54) is 4.31 Å². The van der Waals surface area contributed by atoms with E-state index in [1.807, 2.05) is 0 Å². The molecule has 1 atom stereocenters. The molecule has 106 valence electrons. The van der Waals surface area contributed by atoms with E-state index >= 15 is 0 Å². The lowest BCUT2D eigenvalue weighted by molar-refractivity contribution is -0.137. The van der Waals surface area contributed by atoms with Crippen LogP contribution in [0, 0.1) is 5.92 Å². The summed E-state index contributed by atoms with van der Waals surface area (Å²) in [5.41, 5.74) is 0. The summed E-state index contributed by atoms with van der Waals surface area (Å²) >= 11 is 0. The van der Waals surface area contributed by atoms with Crippen LogP contribution >= 0.6 is 0 Å². The number of ether oxygens (including phenoxy) is 1.